The maximum absolute atomic E-state index is 12.6. The zero-order valence-electron chi connectivity index (χ0n) is 14.4. The third-order valence-corrected chi connectivity index (χ3v) is 4.09. The molecule has 1 amide bonds. The molecule has 0 fully saturated rings. The molecule has 0 saturated heterocycles. The van der Waals surface area contributed by atoms with E-state index in [1.165, 1.54) is 0 Å². The summed E-state index contributed by atoms with van der Waals surface area (Å²) < 4.78 is 0. The van der Waals surface area contributed by atoms with Gasteiger partial charge in [-0.15, -0.1) is 0 Å². The van der Waals surface area contributed by atoms with Crippen LogP contribution in [0.5, 0.6) is 0 Å². The van der Waals surface area contributed by atoms with Crippen molar-refractivity contribution in [3.05, 3.63) is 23.4 Å². The number of nitrogens with one attached hydrogen (secondary N) is 2. The Morgan fingerprint density at radius 2 is 1.71 bits per heavy atom. The summed E-state index contributed by atoms with van der Waals surface area (Å²) in [6.45, 7) is 12.6. The molecule has 0 aliphatic heterocycles. The number of hydrogen-bond donors (Lipinski definition) is 2. The van der Waals surface area contributed by atoms with Gasteiger partial charge in [-0.1, -0.05) is 34.6 Å². The fourth-order valence-electron chi connectivity index (χ4n) is 1.95. The van der Waals surface area contributed by atoms with Crippen LogP contribution in [-0.4, -0.2) is 23.5 Å². The van der Waals surface area contributed by atoms with E-state index in [0.29, 0.717) is 5.56 Å². The number of hydrogen-bond acceptors (Lipinski definition) is 3. The number of nitrogens with zero attached hydrogens (tertiary/aromatic N) is 1. The number of rotatable bonds is 5. The molecule has 1 heterocycles. The van der Waals surface area contributed by atoms with Crippen LogP contribution < -0.4 is 10.6 Å². The summed E-state index contributed by atoms with van der Waals surface area (Å²) >= 11 is 0. The summed E-state index contributed by atoms with van der Waals surface area (Å²) in [5, 5.41) is 6.18. The topological polar surface area (TPSA) is 54.0 Å². The number of carbonyl (C=O) groups excluding carboxylic acids is 1. The van der Waals surface area contributed by atoms with E-state index >= 15 is 0 Å². The standard InChI is InChI=1S/C17H29N3O/c1-8-17(6,9-2)20-15(21)12-10-13(16(3,4)5)19-14(11-12)18-7/h10-11H,8-9H2,1-7H3,(H,18,19)(H,20,21). The zero-order chi connectivity index (χ0) is 16.3. The van der Waals surface area contributed by atoms with Crippen molar-refractivity contribution in [3.8, 4) is 0 Å². The summed E-state index contributed by atoms with van der Waals surface area (Å²) in [5.74, 6) is 0.688. The van der Waals surface area contributed by atoms with E-state index in [1.54, 1.807) is 6.07 Å². The molecular formula is C17H29N3O. The fraction of sp³-hybridized carbons (Fsp3) is 0.647. The van der Waals surface area contributed by atoms with Gasteiger partial charge in [-0.05, 0) is 31.9 Å². The monoisotopic (exact) mass is 291 g/mol. The fourth-order valence-corrected chi connectivity index (χ4v) is 1.95. The normalized spacial score (nSPS) is 12.1. The second kappa shape index (κ2) is 6.46. The smallest absolute Gasteiger partial charge is 0.251 e. The van der Waals surface area contributed by atoms with Crippen LogP contribution >= 0.6 is 0 Å². The predicted octanol–water partition coefficient (Wildman–Crippen LogP) is 3.73. The lowest BCUT2D eigenvalue weighted by Crippen LogP contribution is -2.45. The molecular weight excluding hydrogens is 262 g/mol. The minimum atomic E-state index is -0.165. The number of amides is 1. The van der Waals surface area contributed by atoms with Crippen molar-refractivity contribution in [2.45, 2.75) is 65.3 Å². The Hall–Kier alpha value is -1.58. The summed E-state index contributed by atoms with van der Waals surface area (Å²) in [7, 11) is 1.82. The Morgan fingerprint density at radius 1 is 1.14 bits per heavy atom. The minimum absolute atomic E-state index is 0.0365. The summed E-state index contributed by atoms with van der Waals surface area (Å²) in [6, 6.07) is 3.69. The highest BCUT2D eigenvalue weighted by Gasteiger charge is 2.24. The Balaban J connectivity index is 3.15. The quantitative estimate of drug-likeness (QED) is 0.869. The van der Waals surface area contributed by atoms with Crippen molar-refractivity contribution in [2.75, 3.05) is 12.4 Å². The van der Waals surface area contributed by atoms with Crippen LogP contribution in [0.15, 0.2) is 12.1 Å². The van der Waals surface area contributed by atoms with Crippen LogP contribution in [0, 0.1) is 0 Å². The molecule has 2 N–H and O–H groups in total. The molecule has 0 saturated carbocycles. The molecule has 0 unspecified atom stereocenters. The molecule has 21 heavy (non-hydrogen) atoms. The van der Waals surface area contributed by atoms with Crippen molar-refractivity contribution in [3.63, 3.8) is 0 Å². The van der Waals surface area contributed by atoms with E-state index in [9.17, 15) is 4.79 Å². The molecule has 1 aromatic rings. The van der Waals surface area contributed by atoms with E-state index in [2.05, 4.69) is 57.2 Å². The van der Waals surface area contributed by atoms with Crippen molar-refractivity contribution in [1.82, 2.24) is 10.3 Å². The van der Waals surface area contributed by atoms with Crippen molar-refractivity contribution >= 4 is 11.7 Å². The first kappa shape index (κ1) is 17.5. The van der Waals surface area contributed by atoms with Gasteiger partial charge in [0.25, 0.3) is 5.91 Å². The number of pyridine rings is 1. The van der Waals surface area contributed by atoms with Crippen molar-refractivity contribution in [1.29, 1.82) is 0 Å². The van der Waals surface area contributed by atoms with Crippen LogP contribution in [0.4, 0.5) is 5.82 Å². The van der Waals surface area contributed by atoms with Gasteiger partial charge in [0, 0.05) is 29.3 Å². The van der Waals surface area contributed by atoms with E-state index in [0.717, 1.165) is 24.4 Å². The molecule has 118 valence electrons. The van der Waals surface area contributed by atoms with Gasteiger partial charge in [0.05, 0.1) is 0 Å². The summed E-state index contributed by atoms with van der Waals surface area (Å²) in [6.07, 6.45) is 1.82. The van der Waals surface area contributed by atoms with Crippen LogP contribution in [0.2, 0.25) is 0 Å². The maximum Gasteiger partial charge on any atom is 0.251 e. The first-order valence-electron chi connectivity index (χ1n) is 7.68. The van der Waals surface area contributed by atoms with Gasteiger partial charge in [0.15, 0.2) is 0 Å². The summed E-state index contributed by atoms with van der Waals surface area (Å²) in [5.41, 5.74) is 1.31. The number of anilines is 1. The van der Waals surface area contributed by atoms with E-state index in [4.69, 9.17) is 0 Å². The molecule has 0 bridgehead atoms. The second-order valence-corrected chi connectivity index (χ2v) is 6.85. The summed E-state index contributed by atoms with van der Waals surface area (Å²) in [4.78, 5) is 17.1. The molecule has 0 radical (unpaired) electrons. The van der Waals surface area contributed by atoms with Gasteiger partial charge >= 0.3 is 0 Å². The van der Waals surface area contributed by atoms with E-state index < -0.39 is 0 Å². The van der Waals surface area contributed by atoms with Crippen LogP contribution in [0.1, 0.15) is 70.4 Å². The third-order valence-electron chi connectivity index (χ3n) is 4.09. The molecule has 0 spiro atoms. The Morgan fingerprint density at radius 3 is 2.14 bits per heavy atom. The van der Waals surface area contributed by atoms with Gasteiger partial charge in [0.2, 0.25) is 0 Å². The Bertz CT molecular complexity index is 499. The Kier molecular flexibility index (Phi) is 5.37. The average molecular weight is 291 g/mol. The van der Waals surface area contributed by atoms with Gasteiger partial charge in [0.1, 0.15) is 5.82 Å². The maximum atomic E-state index is 12.6. The molecule has 0 aliphatic carbocycles. The lowest BCUT2D eigenvalue weighted by Gasteiger charge is -2.28. The van der Waals surface area contributed by atoms with Gasteiger partial charge in [-0.25, -0.2) is 4.98 Å². The molecule has 4 heteroatoms. The lowest BCUT2D eigenvalue weighted by molar-refractivity contribution is 0.0901. The van der Waals surface area contributed by atoms with Crippen molar-refractivity contribution < 1.29 is 4.79 Å². The SMILES string of the molecule is CCC(C)(CC)NC(=O)c1cc(NC)nc(C(C)(C)C)c1. The Labute approximate surface area is 128 Å². The minimum Gasteiger partial charge on any atom is -0.373 e. The third kappa shape index (κ3) is 4.45. The largest absolute Gasteiger partial charge is 0.373 e. The molecule has 0 aromatic carbocycles. The van der Waals surface area contributed by atoms with Gasteiger partial charge in [-0.3, -0.25) is 4.79 Å². The van der Waals surface area contributed by atoms with Gasteiger partial charge in [-0.2, -0.15) is 0 Å². The van der Waals surface area contributed by atoms with E-state index in [-0.39, 0.29) is 16.9 Å². The van der Waals surface area contributed by atoms with Crippen molar-refractivity contribution in [2.24, 2.45) is 0 Å². The highest BCUT2D eigenvalue weighted by atomic mass is 16.1. The van der Waals surface area contributed by atoms with Crippen LogP contribution in [-0.2, 0) is 5.41 Å². The number of carbonyl (C=O) groups is 1. The van der Waals surface area contributed by atoms with Crippen LogP contribution in [0.3, 0.4) is 0 Å². The zero-order valence-corrected chi connectivity index (χ0v) is 14.4. The van der Waals surface area contributed by atoms with Gasteiger partial charge < -0.3 is 10.6 Å². The molecule has 0 aliphatic rings. The number of aromatic nitrogens is 1. The van der Waals surface area contributed by atoms with Crippen LogP contribution in [0.25, 0.3) is 0 Å². The first-order chi connectivity index (χ1) is 9.65. The molecule has 4 nitrogen and oxygen atoms in total. The first-order valence-corrected chi connectivity index (χ1v) is 7.68. The highest BCUT2D eigenvalue weighted by Crippen LogP contribution is 2.24. The second-order valence-electron chi connectivity index (χ2n) is 6.85. The van der Waals surface area contributed by atoms with E-state index in [1.807, 2.05) is 13.1 Å². The molecule has 1 rings (SSSR count). The molecule has 0 atom stereocenters. The average Bonchev–Trinajstić information content (AvgIpc) is 2.45. The predicted molar refractivity (Wildman–Crippen MR) is 88.9 cm³/mol. The lowest BCUT2D eigenvalue weighted by atomic mass is 9.90. The molecule has 1 aromatic heterocycles. The highest BCUT2D eigenvalue weighted by molar-refractivity contribution is 5.95.